The maximum Gasteiger partial charge on any atom is 0.437 e. The monoisotopic (exact) mass is 723 g/mol. The summed E-state index contributed by atoms with van der Waals surface area (Å²) in [6.07, 6.45) is 1.50. The van der Waals surface area contributed by atoms with E-state index in [-0.39, 0.29) is 31.0 Å². The predicted octanol–water partition coefficient (Wildman–Crippen LogP) is 7.60. The number of benzene rings is 2. The molecule has 0 saturated carbocycles. The molecule has 4 rings (SSSR count). The molecular weight excluding hydrogens is 692 g/mol. The Hall–Kier alpha value is -6.36. The molecule has 1 aromatic heterocycles. The molecule has 0 fully saturated rings. The Kier molecular flexibility index (Phi) is 12.6. The van der Waals surface area contributed by atoms with Gasteiger partial charge in [-0.05, 0) is 48.9 Å². The van der Waals surface area contributed by atoms with Crippen LogP contribution in [0.25, 0.3) is 18.2 Å². The number of thiophene rings is 1. The van der Waals surface area contributed by atoms with Gasteiger partial charge in [-0.15, -0.1) is 11.3 Å². The fourth-order valence-electron chi connectivity index (χ4n) is 5.11. The van der Waals surface area contributed by atoms with Gasteiger partial charge in [0, 0.05) is 52.2 Å². The van der Waals surface area contributed by atoms with Crippen LogP contribution in [-0.4, -0.2) is 44.8 Å². The third-order valence-electron chi connectivity index (χ3n) is 7.79. The van der Waals surface area contributed by atoms with Crippen LogP contribution in [0.5, 0.6) is 0 Å². The summed E-state index contributed by atoms with van der Waals surface area (Å²) in [5, 5.41) is 31.5. The van der Waals surface area contributed by atoms with Gasteiger partial charge in [0.2, 0.25) is 5.91 Å². The Balaban J connectivity index is 1.46. The second-order valence-corrected chi connectivity index (χ2v) is 12.6. The average Bonchev–Trinajstić information content (AvgIpc) is 3.74. The molecule has 2 heterocycles. The average molecular weight is 724 g/mol. The zero-order valence-corrected chi connectivity index (χ0v) is 29.0. The lowest BCUT2D eigenvalue weighted by Gasteiger charge is -2.33. The maximum absolute atomic E-state index is 15.0. The number of allylic oxidation sites excluding steroid dienone is 2. The molecule has 264 valence electrons. The number of ether oxygens (including phenoxy) is 2. The number of alkyl halides is 3. The van der Waals surface area contributed by atoms with Crippen LogP contribution in [0.15, 0.2) is 107 Å². The SMILES string of the molecule is C=C(C)C(=O)OCCNC(=O)CCN(C)c1ccc(/C=C/c2ccc(/C=C/C3=C(C#N)C(=C(C#N)C#N)OC3(c3ccccc3)C(F)(F)F)s2)cc1. The number of nitrogens with zero attached hydrogens (tertiary/aromatic N) is 4. The molecule has 0 spiro atoms. The van der Waals surface area contributed by atoms with E-state index in [9.17, 15) is 38.5 Å². The van der Waals surface area contributed by atoms with E-state index in [0.717, 1.165) is 22.2 Å². The molecule has 1 aliphatic heterocycles. The molecule has 13 heteroatoms. The fraction of sp³-hybridized carbons (Fsp3) is 0.205. The summed E-state index contributed by atoms with van der Waals surface area (Å²) in [5.74, 6) is -1.40. The second kappa shape index (κ2) is 17.0. The zero-order chi connectivity index (χ0) is 37.9. The van der Waals surface area contributed by atoms with Crippen LogP contribution in [0.4, 0.5) is 18.9 Å². The summed E-state index contributed by atoms with van der Waals surface area (Å²) in [6.45, 7) is 5.77. The van der Waals surface area contributed by atoms with Crippen molar-refractivity contribution in [2.24, 2.45) is 0 Å². The minimum atomic E-state index is -5.07. The number of nitriles is 3. The number of nitrogens with one attached hydrogen (secondary N) is 1. The molecule has 0 radical (unpaired) electrons. The van der Waals surface area contributed by atoms with Crippen LogP contribution in [-0.2, 0) is 24.7 Å². The van der Waals surface area contributed by atoms with Gasteiger partial charge in [0.25, 0.3) is 5.60 Å². The van der Waals surface area contributed by atoms with Gasteiger partial charge < -0.3 is 19.7 Å². The highest BCUT2D eigenvalue weighted by Gasteiger charge is 2.65. The number of anilines is 1. The van der Waals surface area contributed by atoms with E-state index >= 15 is 0 Å². The van der Waals surface area contributed by atoms with Gasteiger partial charge in [-0.1, -0.05) is 61.2 Å². The Labute approximate surface area is 303 Å². The first kappa shape index (κ1) is 38.4. The molecule has 52 heavy (non-hydrogen) atoms. The largest absolute Gasteiger partial charge is 0.465 e. The molecule has 1 aliphatic rings. The van der Waals surface area contributed by atoms with Crippen LogP contribution in [0, 0.1) is 34.0 Å². The fourth-order valence-corrected chi connectivity index (χ4v) is 5.93. The number of esters is 1. The van der Waals surface area contributed by atoms with Gasteiger partial charge in [0.05, 0.1) is 6.54 Å². The Morgan fingerprint density at radius 2 is 1.62 bits per heavy atom. The van der Waals surface area contributed by atoms with E-state index in [1.807, 2.05) is 48.4 Å². The molecular formula is C39H32F3N5O4S. The summed E-state index contributed by atoms with van der Waals surface area (Å²) in [4.78, 5) is 26.9. The van der Waals surface area contributed by atoms with Gasteiger partial charge in [-0.25, -0.2) is 4.79 Å². The van der Waals surface area contributed by atoms with E-state index in [0.29, 0.717) is 17.0 Å². The molecule has 1 atom stereocenters. The van der Waals surface area contributed by atoms with Crippen LogP contribution in [0.3, 0.4) is 0 Å². The minimum absolute atomic E-state index is 0.0632. The van der Waals surface area contributed by atoms with Gasteiger partial charge in [0.15, 0.2) is 11.3 Å². The van der Waals surface area contributed by atoms with Crippen molar-refractivity contribution >= 4 is 47.1 Å². The highest BCUT2D eigenvalue weighted by molar-refractivity contribution is 7.13. The Morgan fingerprint density at radius 3 is 2.19 bits per heavy atom. The lowest BCUT2D eigenvalue weighted by Crippen LogP contribution is -2.43. The first-order chi connectivity index (χ1) is 24.8. The van der Waals surface area contributed by atoms with Crippen molar-refractivity contribution in [1.82, 2.24) is 5.32 Å². The van der Waals surface area contributed by atoms with Crippen molar-refractivity contribution in [3.8, 4) is 18.2 Å². The van der Waals surface area contributed by atoms with Gasteiger partial charge in [-0.3, -0.25) is 4.79 Å². The number of amides is 1. The van der Waals surface area contributed by atoms with Gasteiger partial charge >= 0.3 is 12.1 Å². The molecule has 1 amide bonds. The molecule has 1 N–H and O–H groups in total. The number of carbonyl (C=O) groups excluding carboxylic acids is 2. The van der Waals surface area contributed by atoms with Crippen molar-refractivity contribution in [1.29, 1.82) is 15.8 Å². The van der Waals surface area contributed by atoms with Gasteiger partial charge in [-0.2, -0.15) is 29.0 Å². The summed E-state index contributed by atoms with van der Waals surface area (Å²) in [6, 6.07) is 22.7. The summed E-state index contributed by atoms with van der Waals surface area (Å²) >= 11 is 1.30. The van der Waals surface area contributed by atoms with Crippen molar-refractivity contribution < 1.29 is 32.2 Å². The van der Waals surface area contributed by atoms with Gasteiger partial charge in [0.1, 0.15) is 30.4 Å². The van der Waals surface area contributed by atoms with E-state index < -0.39 is 40.2 Å². The Morgan fingerprint density at radius 1 is 0.981 bits per heavy atom. The van der Waals surface area contributed by atoms with Crippen LogP contribution in [0.1, 0.15) is 34.2 Å². The first-order valence-corrected chi connectivity index (χ1v) is 16.5. The van der Waals surface area contributed by atoms with Crippen molar-refractivity contribution in [3.63, 3.8) is 0 Å². The smallest absolute Gasteiger partial charge is 0.437 e. The van der Waals surface area contributed by atoms with Crippen molar-refractivity contribution in [2.45, 2.75) is 25.1 Å². The van der Waals surface area contributed by atoms with Crippen molar-refractivity contribution in [3.05, 3.63) is 128 Å². The van der Waals surface area contributed by atoms with Crippen LogP contribution in [0.2, 0.25) is 0 Å². The Bertz CT molecular complexity index is 2060. The summed E-state index contributed by atoms with van der Waals surface area (Å²) < 4.78 is 55.4. The molecule has 0 aliphatic carbocycles. The normalized spacial score (nSPS) is 15.5. The van der Waals surface area contributed by atoms with E-state index in [1.165, 1.54) is 59.9 Å². The minimum Gasteiger partial charge on any atom is -0.465 e. The number of halogens is 3. The maximum atomic E-state index is 15.0. The molecule has 0 bridgehead atoms. The molecule has 3 aromatic rings. The summed E-state index contributed by atoms with van der Waals surface area (Å²) in [5.41, 5.74) is -3.20. The third-order valence-corrected chi connectivity index (χ3v) is 8.80. The number of carbonyl (C=O) groups is 2. The lowest BCUT2D eigenvalue weighted by molar-refractivity contribution is -0.249. The molecule has 0 saturated heterocycles. The molecule has 2 aromatic carbocycles. The van der Waals surface area contributed by atoms with E-state index in [2.05, 4.69) is 11.9 Å². The van der Waals surface area contributed by atoms with Crippen molar-refractivity contribution in [2.75, 3.05) is 31.6 Å². The topological polar surface area (TPSA) is 139 Å². The summed E-state index contributed by atoms with van der Waals surface area (Å²) in [7, 11) is 1.86. The molecule has 1 unspecified atom stereocenters. The predicted molar refractivity (Wildman–Crippen MR) is 192 cm³/mol. The lowest BCUT2D eigenvalue weighted by atomic mass is 9.84. The standard InChI is InChI=1S/C39H32F3N5O4S/c1-26(2)37(49)50-22-20-46-35(48)19-21-47(3)30-12-9-27(10-13-30)11-14-31-15-16-32(52-31)17-18-34-33(25-45)36(28(23-43)24-44)51-38(34,39(40,41)42)29-7-5-4-6-8-29/h4-18H,1,19-22H2,2-3H3,(H,46,48)/b14-11+,18-17+. The number of hydrogen-bond donors (Lipinski definition) is 1. The highest BCUT2D eigenvalue weighted by atomic mass is 32.1. The van der Waals surface area contributed by atoms with Crippen LogP contribution >= 0.6 is 11.3 Å². The molecule has 9 nitrogen and oxygen atoms in total. The quantitative estimate of drug-likeness (QED) is 0.0824. The number of rotatable bonds is 13. The first-order valence-electron chi connectivity index (χ1n) is 15.7. The van der Waals surface area contributed by atoms with E-state index in [4.69, 9.17) is 9.47 Å². The number of hydrogen-bond acceptors (Lipinski definition) is 9. The zero-order valence-electron chi connectivity index (χ0n) is 28.2. The highest BCUT2D eigenvalue weighted by Crippen LogP contribution is 2.56. The second-order valence-electron chi connectivity index (χ2n) is 11.4. The third kappa shape index (κ3) is 8.86. The van der Waals surface area contributed by atoms with E-state index in [1.54, 1.807) is 25.1 Å². The van der Waals surface area contributed by atoms with Crippen LogP contribution < -0.4 is 10.2 Å².